The van der Waals surface area contributed by atoms with Crippen molar-refractivity contribution in [2.45, 2.75) is 25.4 Å². The van der Waals surface area contributed by atoms with Crippen molar-refractivity contribution in [2.24, 2.45) is 0 Å². The molecule has 0 atom stereocenters. The van der Waals surface area contributed by atoms with Crippen LogP contribution in [0.1, 0.15) is 28.9 Å². The second-order valence-corrected chi connectivity index (χ2v) is 7.77. The van der Waals surface area contributed by atoms with Crippen LogP contribution in [0.15, 0.2) is 60.2 Å². The summed E-state index contributed by atoms with van der Waals surface area (Å²) < 4.78 is 0. The van der Waals surface area contributed by atoms with Crippen LogP contribution in [-0.2, 0) is 6.54 Å². The molecular formula is C21H23N5OS. The minimum atomic E-state index is -0.100. The molecule has 6 nitrogen and oxygen atoms in total. The summed E-state index contributed by atoms with van der Waals surface area (Å²) in [4.78, 5) is 23.4. The highest BCUT2D eigenvalue weighted by Gasteiger charge is 2.22. The Kier molecular flexibility index (Phi) is 5.94. The first-order valence-electron chi connectivity index (χ1n) is 9.46. The Hall–Kier alpha value is -2.77. The van der Waals surface area contributed by atoms with Gasteiger partial charge >= 0.3 is 0 Å². The quantitative estimate of drug-likeness (QED) is 0.669. The lowest BCUT2D eigenvalue weighted by atomic mass is 10.0. The van der Waals surface area contributed by atoms with E-state index >= 15 is 0 Å². The molecule has 0 saturated carbocycles. The smallest absolute Gasteiger partial charge is 0.271 e. The first-order valence-corrected chi connectivity index (χ1v) is 10.3. The Morgan fingerprint density at radius 2 is 1.96 bits per heavy atom. The number of anilines is 2. The number of thiazole rings is 1. The number of carbonyl (C=O) groups excluding carboxylic acids is 1. The Bertz CT molecular complexity index is 891. The maximum Gasteiger partial charge on any atom is 0.271 e. The number of likely N-dealkylation sites (tertiary alicyclic amines) is 1. The zero-order valence-corrected chi connectivity index (χ0v) is 16.4. The minimum absolute atomic E-state index is 0.100. The molecule has 3 heterocycles. The molecule has 144 valence electrons. The Balaban J connectivity index is 1.26. The number of hydrogen-bond donors (Lipinski definition) is 2. The highest BCUT2D eigenvalue weighted by Crippen LogP contribution is 2.21. The Morgan fingerprint density at radius 1 is 1.14 bits per heavy atom. The molecule has 2 N–H and O–H groups in total. The number of nitrogens with one attached hydrogen (secondary N) is 2. The lowest BCUT2D eigenvalue weighted by Gasteiger charge is -2.32. The van der Waals surface area contributed by atoms with Crippen molar-refractivity contribution in [3.63, 3.8) is 0 Å². The molecular weight excluding hydrogens is 370 g/mol. The molecule has 3 aromatic rings. The normalized spacial score (nSPS) is 15.3. The number of benzene rings is 1. The van der Waals surface area contributed by atoms with Crippen LogP contribution < -0.4 is 10.6 Å². The standard InChI is InChI=1S/C21H23N5OS/c27-20(19-15-28-21(25-19)24-18-7-4-10-22-13-18)23-17-8-11-26(12-9-17)14-16-5-2-1-3-6-16/h1-7,10,13,15,17H,8-9,11-12,14H2,(H,23,27)(H,24,25). The van der Waals surface area contributed by atoms with Crippen LogP contribution in [0.25, 0.3) is 0 Å². The summed E-state index contributed by atoms with van der Waals surface area (Å²) in [5.74, 6) is -0.100. The summed E-state index contributed by atoms with van der Waals surface area (Å²) >= 11 is 1.42. The van der Waals surface area contributed by atoms with E-state index in [0.717, 1.165) is 38.2 Å². The van der Waals surface area contributed by atoms with E-state index in [2.05, 4.69) is 49.8 Å². The maximum atomic E-state index is 12.5. The van der Waals surface area contributed by atoms with Gasteiger partial charge < -0.3 is 10.6 Å². The highest BCUT2D eigenvalue weighted by atomic mass is 32.1. The van der Waals surface area contributed by atoms with E-state index < -0.39 is 0 Å². The summed E-state index contributed by atoms with van der Waals surface area (Å²) in [6, 6.07) is 14.5. The van der Waals surface area contributed by atoms with Gasteiger partial charge in [0.05, 0.1) is 11.9 Å². The largest absolute Gasteiger partial charge is 0.348 e. The lowest BCUT2D eigenvalue weighted by molar-refractivity contribution is 0.0904. The molecule has 0 unspecified atom stereocenters. The van der Waals surface area contributed by atoms with Crippen LogP contribution in [0.2, 0.25) is 0 Å². The van der Waals surface area contributed by atoms with Gasteiger partial charge in [0.1, 0.15) is 5.69 Å². The van der Waals surface area contributed by atoms with Gasteiger partial charge in [0, 0.05) is 37.3 Å². The summed E-state index contributed by atoms with van der Waals surface area (Å²) in [5, 5.41) is 8.79. The number of amides is 1. The van der Waals surface area contributed by atoms with E-state index in [1.807, 2.05) is 18.2 Å². The van der Waals surface area contributed by atoms with Gasteiger partial charge in [-0.25, -0.2) is 4.98 Å². The summed E-state index contributed by atoms with van der Waals surface area (Å²) in [5.41, 5.74) is 2.65. The zero-order chi connectivity index (χ0) is 19.2. The van der Waals surface area contributed by atoms with Crippen LogP contribution in [0, 0.1) is 0 Å². The molecule has 0 radical (unpaired) electrons. The molecule has 0 spiro atoms. The Labute approximate surface area is 168 Å². The van der Waals surface area contributed by atoms with Gasteiger partial charge in [-0.1, -0.05) is 30.3 Å². The monoisotopic (exact) mass is 393 g/mol. The number of carbonyl (C=O) groups is 1. The van der Waals surface area contributed by atoms with E-state index in [0.29, 0.717) is 10.8 Å². The maximum absolute atomic E-state index is 12.5. The molecule has 28 heavy (non-hydrogen) atoms. The number of rotatable bonds is 6. The van der Waals surface area contributed by atoms with Gasteiger partial charge in [-0.2, -0.15) is 0 Å². The fourth-order valence-corrected chi connectivity index (χ4v) is 4.04. The van der Waals surface area contributed by atoms with E-state index in [-0.39, 0.29) is 11.9 Å². The van der Waals surface area contributed by atoms with Crippen molar-refractivity contribution in [3.05, 3.63) is 71.5 Å². The molecule has 0 aliphatic carbocycles. The minimum Gasteiger partial charge on any atom is -0.348 e. The van der Waals surface area contributed by atoms with Crippen LogP contribution in [0.4, 0.5) is 10.8 Å². The van der Waals surface area contributed by atoms with Crippen molar-refractivity contribution >= 4 is 28.1 Å². The average Bonchev–Trinajstić information content (AvgIpc) is 3.20. The summed E-state index contributed by atoms with van der Waals surface area (Å²) in [6.07, 6.45) is 5.37. The highest BCUT2D eigenvalue weighted by molar-refractivity contribution is 7.14. The molecule has 1 aliphatic rings. The molecule has 1 saturated heterocycles. The summed E-state index contributed by atoms with van der Waals surface area (Å²) in [7, 11) is 0. The third kappa shape index (κ3) is 4.94. The predicted octanol–water partition coefficient (Wildman–Crippen LogP) is 3.68. The van der Waals surface area contributed by atoms with E-state index in [1.54, 1.807) is 17.8 Å². The molecule has 1 aromatic carbocycles. The van der Waals surface area contributed by atoms with Crippen molar-refractivity contribution in [3.8, 4) is 0 Å². The summed E-state index contributed by atoms with van der Waals surface area (Å²) in [6.45, 7) is 2.95. The first kappa shape index (κ1) is 18.6. The third-order valence-electron chi connectivity index (χ3n) is 4.82. The van der Waals surface area contributed by atoms with Crippen molar-refractivity contribution < 1.29 is 4.79 Å². The fraction of sp³-hybridized carbons (Fsp3) is 0.286. The average molecular weight is 394 g/mol. The molecule has 1 fully saturated rings. The van der Waals surface area contributed by atoms with Gasteiger partial charge in [-0.15, -0.1) is 11.3 Å². The van der Waals surface area contributed by atoms with E-state index in [4.69, 9.17) is 0 Å². The zero-order valence-electron chi connectivity index (χ0n) is 15.5. The van der Waals surface area contributed by atoms with Crippen LogP contribution >= 0.6 is 11.3 Å². The molecule has 2 aromatic heterocycles. The van der Waals surface area contributed by atoms with Gasteiger partial charge in [0.15, 0.2) is 5.13 Å². The van der Waals surface area contributed by atoms with Gasteiger partial charge in [0.25, 0.3) is 5.91 Å². The van der Waals surface area contributed by atoms with Gasteiger partial charge in [0.2, 0.25) is 0 Å². The van der Waals surface area contributed by atoms with Crippen LogP contribution in [0.5, 0.6) is 0 Å². The van der Waals surface area contributed by atoms with Crippen molar-refractivity contribution in [2.75, 3.05) is 18.4 Å². The topological polar surface area (TPSA) is 70.2 Å². The number of piperidine rings is 1. The Morgan fingerprint density at radius 3 is 2.71 bits per heavy atom. The number of aromatic nitrogens is 2. The van der Waals surface area contributed by atoms with Crippen molar-refractivity contribution in [1.82, 2.24) is 20.2 Å². The molecule has 1 aliphatic heterocycles. The SMILES string of the molecule is O=C(NC1CCN(Cc2ccccc2)CC1)c1csc(Nc2cccnc2)n1. The van der Waals surface area contributed by atoms with Gasteiger partial charge in [-0.3, -0.25) is 14.7 Å². The second kappa shape index (κ2) is 8.95. The molecule has 4 rings (SSSR count). The molecule has 0 bridgehead atoms. The number of hydrogen-bond acceptors (Lipinski definition) is 6. The third-order valence-corrected chi connectivity index (χ3v) is 5.58. The fourth-order valence-electron chi connectivity index (χ4n) is 3.33. The van der Waals surface area contributed by atoms with Crippen LogP contribution in [-0.4, -0.2) is 39.9 Å². The molecule has 1 amide bonds. The molecule has 7 heteroatoms. The second-order valence-electron chi connectivity index (χ2n) is 6.91. The number of pyridine rings is 1. The van der Waals surface area contributed by atoms with Crippen molar-refractivity contribution in [1.29, 1.82) is 0 Å². The van der Waals surface area contributed by atoms with Gasteiger partial charge in [-0.05, 0) is 30.5 Å². The first-order chi connectivity index (χ1) is 13.8. The van der Waals surface area contributed by atoms with E-state index in [9.17, 15) is 4.79 Å². The lowest BCUT2D eigenvalue weighted by Crippen LogP contribution is -2.44. The number of nitrogens with zero attached hydrogens (tertiary/aromatic N) is 3. The van der Waals surface area contributed by atoms with E-state index in [1.165, 1.54) is 16.9 Å². The predicted molar refractivity (Wildman–Crippen MR) is 112 cm³/mol. The van der Waals surface area contributed by atoms with Crippen LogP contribution in [0.3, 0.4) is 0 Å².